The van der Waals surface area contributed by atoms with Gasteiger partial charge in [-0.1, -0.05) is 6.07 Å². The smallest absolute Gasteiger partial charge is 0.256 e. The Bertz CT molecular complexity index is 899. The molecule has 3 rings (SSSR count). The highest BCUT2D eigenvalue weighted by molar-refractivity contribution is 5.93. The van der Waals surface area contributed by atoms with Crippen LogP contribution in [0.2, 0.25) is 0 Å². The number of halogens is 2. The third-order valence-electron chi connectivity index (χ3n) is 3.93. The number of pyridine rings is 1. The van der Waals surface area contributed by atoms with Crippen LogP contribution in [0.25, 0.3) is 0 Å². The molecule has 0 radical (unpaired) electrons. The summed E-state index contributed by atoms with van der Waals surface area (Å²) in [7, 11) is 1.68. The van der Waals surface area contributed by atoms with E-state index in [0.717, 1.165) is 17.7 Å². The van der Waals surface area contributed by atoms with Gasteiger partial charge in [0.15, 0.2) is 0 Å². The first-order chi connectivity index (χ1) is 13.0. The minimum atomic E-state index is -0.755. The van der Waals surface area contributed by atoms with E-state index in [4.69, 9.17) is 0 Å². The molecule has 0 aliphatic rings. The van der Waals surface area contributed by atoms with Gasteiger partial charge in [0, 0.05) is 38.4 Å². The molecule has 2 heterocycles. The number of likely N-dealkylation sites (N-methyl/N-ethyl adjacent to an activating group) is 1. The van der Waals surface area contributed by atoms with Crippen LogP contribution in [0.4, 0.5) is 20.4 Å². The molecular formula is C19H17F2N5O. The van der Waals surface area contributed by atoms with Crippen molar-refractivity contribution in [3.63, 3.8) is 0 Å². The number of aromatic nitrogens is 3. The number of nitrogens with zero attached hydrogens (tertiary/aromatic N) is 4. The summed E-state index contributed by atoms with van der Waals surface area (Å²) >= 11 is 0. The molecule has 138 valence electrons. The van der Waals surface area contributed by atoms with Crippen molar-refractivity contribution < 1.29 is 13.6 Å². The predicted molar refractivity (Wildman–Crippen MR) is 96.6 cm³/mol. The fourth-order valence-corrected chi connectivity index (χ4v) is 2.40. The standard InChI is InChI=1S/C19H17F2N5O/c1-26(10-7-13-5-8-22-9-6-13)18(27)14-11-23-19(24-12-14)25-17-15(20)3-2-4-16(17)21/h2-6,8-9,11-12H,7,10H2,1H3,(H,23,24,25). The Kier molecular flexibility index (Phi) is 5.65. The van der Waals surface area contributed by atoms with Gasteiger partial charge in [0.2, 0.25) is 5.95 Å². The number of para-hydroxylation sites is 1. The van der Waals surface area contributed by atoms with Crippen LogP contribution in [0, 0.1) is 11.6 Å². The summed E-state index contributed by atoms with van der Waals surface area (Å²) in [5, 5.41) is 2.48. The lowest BCUT2D eigenvalue weighted by atomic mass is 10.2. The van der Waals surface area contributed by atoms with Crippen molar-refractivity contribution in [1.29, 1.82) is 0 Å². The third-order valence-corrected chi connectivity index (χ3v) is 3.93. The number of hydrogen-bond acceptors (Lipinski definition) is 5. The van der Waals surface area contributed by atoms with E-state index >= 15 is 0 Å². The molecule has 0 unspecified atom stereocenters. The van der Waals surface area contributed by atoms with Crippen LogP contribution in [-0.2, 0) is 6.42 Å². The fourth-order valence-electron chi connectivity index (χ4n) is 2.40. The predicted octanol–water partition coefficient (Wildman–Crippen LogP) is 3.21. The highest BCUT2D eigenvalue weighted by Gasteiger charge is 2.14. The van der Waals surface area contributed by atoms with Crippen molar-refractivity contribution in [1.82, 2.24) is 19.9 Å². The number of carbonyl (C=O) groups excluding carboxylic acids is 1. The van der Waals surface area contributed by atoms with Crippen LogP contribution < -0.4 is 5.32 Å². The second-order valence-electron chi connectivity index (χ2n) is 5.85. The van der Waals surface area contributed by atoms with E-state index in [0.29, 0.717) is 13.0 Å². The Morgan fingerprint density at radius 3 is 2.33 bits per heavy atom. The maximum atomic E-state index is 13.7. The first-order valence-corrected chi connectivity index (χ1v) is 8.22. The minimum absolute atomic E-state index is 0.00464. The molecule has 0 aliphatic carbocycles. The van der Waals surface area contributed by atoms with Gasteiger partial charge < -0.3 is 10.2 Å². The molecule has 0 saturated heterocycles. The lowest BCUT2D eigenvalue weighted by Crippen LogP contribution is -2.29. The average Bonchev–Trinajstić information content (AvgIpc) is 2.70. The third kappa shape index (κ3) is 4.60. The summed E-state index contributed by atoms with van der Waals surface area (Å²) in [5.74, 6) is -1.76. The van der Waals surface area contributed by atoms with Gasteiger partial charge in [-0.25, -0.2) is 18.7 Å². The van der Waals surface area contributed by atoms with E-state index in [2.05, 4.69) is 20.3 Å². The Morgan fingerprint density at radius 2 is 1.70 bits per heavy atom. The molecule has 0 atom stereocenters. The topological polar surface area (TPSA) is 71.0 Å². The van der Waals surface area contributed by atoms with Crippen molar-refractivity contribution in [3.8, 4) is 0 Å². The van der Waals surface area contributed by atoms with Gasteiger partial charge in [0.05, 0.1) is 5.56 Å². The summed E-state index contributed by atoms with van der Waals surface area (Å²) in [6.07, 6.45) is 6.74. The van der Waals surface area contributed by atoms with Crippen molar-refractivity contribution in [2.24, 2.45) is 0 Å². The Morgan fingerprint density at radius 1 is 1.07 bits per heavy atom. The fraction of sp³-hybridized carbons (Fsp3) is 0.158. The summed E-state index contributed by atoms with van der Waals surface area (Å²) in [6, 6.07) is 7.30. The summed E-state index contributed by atoms with van der Waals surface area (Å²) in [5.41, 5.74) is 1.02. The molecule has 0 fully saturated rings. The summed E-state index contributed by atoms with van der Waals surface area (Å²) in [6.45, 7) is 0.517. The monoisotopic (exact) mass is 369 g/mol. The molecule has 6 nitrogen and oxygen atoms in total. The average molecular weight is 369 g/mol. The van der Waals surface area contributed by atoms with Crippen LogP contribution >= 0.6 is 0 Å². The van der Waals surface area contributed by atoms with Gasteiger partial charge in [-0.05, 0) is 36.2 Å². The zero-order valence-corrected chi connectivity index (χ0v) is 14.6. The van der Waals surface area contributed by atoms with Crippen LogP contribution in [-0.4, -0.2) is 39.4 Å². The molecule has 27 heavy (non-hydrogen) atoms. The minimum Gasteiger partial charge on any atom is -0.341 e. The maximum Gasteiger partial charge on any atom is 0.256 e. The normalized spacial score (nSPS) is 10.5. The molecule has 1 amide bonds. The van der Waals surface area contributed by atoms with Gasteiger partial charge in [-0.15, -0.1) is 0 Å². The summed E-state index contributed by atoms with van der Waals surface area (Å²) in [4.78, 5) is 25.9. The molecule has 0 saturated carbocycles. The van der Waals surface area contributed by atoms with Crippen LogP contribution in [0.15, 0.2) is 55.1 Å². The van der Waals surface area contributed by atoms with E-state index in [1.807, 2.05) is 12.1 Å². The van der Waals surface area contributed by atoms with Crippen LogP contribution in [0.5, 0.6) is 0 Å². The molecule has 0 spiro atoms. The zero-order valence-electron chi connectivity index (χ0n) is 14.6. The van der Waals surface area contributed by atoms with Crippen molar-refractivity contribution in [2.75, 3.05) is 18.9 Å². The lowest BCUT2D eigenvalue weighted by molar-refractivity contribution is 0.0796. The first kappa shape index (κ1) is 18.4. The zero-order chi connectivity index (χ0) is 19.2. The molecule has 3 aromatic rings. The van der Waals surface area contributed by atoms with E-state index < -0.39 is 11.6 Å². The Balaban J connectivity index is 1.63. The molecule has 0 bridgehead atoms. The van der Waals surface area contributed by atoms with Crippen molar-refractivity contribution in [3.05, 3.63) is 77.9 Å². The Labute approximate surface area is 154 Å². The number of anilines is 2. The number of hydrogen-bond donors (Lipinski definition) is 1. The first-order valence-electron chi connectivity index (χ1n) is 8.22. The van der Waals surface area contributed by atoms with E-state index in [1.165, 1.54) is 18.5 Å². The molecule has 8 heteroatoms. The van der Waals surface area contributed by atoms with Gasteiger partial charge in [-0.3, -0.25) is 9.78 Å². The molecule has 1 N–H and O–H groups in total. The van der Waals surface area contributed by atoms with Gasteiger partial charge >= 0.3 is 0 Å². The van der Waals surface area contributed by atoms with E-state index in [9.17, 15) is 13.6 Å². The van der Waals surface area contributed by atoms with E-state index in [1.54, 1.807) is 24.3 Å². The molecule has 1 aromatic carbocycles. The number of rotatable bonds is 6. The van der Waals surface area contributed by atoms with Gasteiger partial charge in [0.25, 0.3) is 5.91 Å². The SMILES string of the molecule is CN(CCc1ccncc1)C(=O)c1cnc(Nc2c(F)cccc2F)nc1. The molecule has 2 aromatic heterocycles. The van der Waals surface area contributed by atoms with Crippen LogP contribution in [0.3, 0.4) is 0 Å². The molecular weight excluding hydrogens is 352 g/mol. The highest BCUT2D eigenvalue weighted by Crippen LogP contribution is 2.21. The maximum absolute atomic E-state index is 13.7. The van der Waals surface area contributed by atoms with Crippen molar-refractivity contribution >= 4 is 17.5 Å². The quantitative estimate of drug-likeness (QED) is 0.722. The number of amides is 1. The van der Waals surface area contributed by atoms with Gasteiger partial charge in [0.1, 0.15) is 17.3 Å². The lowest BCUT2D eigenvalue weighted by Gasteiger charge is -2.17. The van der Waals surface area contributed by atoms with Crippen molar-refractivity contribution in [2.45, 2.75) is 6.42 Å². The summed E-state index contributed by atoms with van der Waals surface area (Å²) < 4.78 is 27.3. The second-order valence-corrected chi connectivity index (χ2v) is 5.85. The second kappa shape index (κ2) is 8.31. The Hall–Kier alpha value is -3.42. The van der Waals surface area contributed by atoms with E-state index in [-0.39, 0.29) is 23.1 Å². The highest BCUT2D eigenvalue weighted by atomic mass is 19.1. The molecule has 0 aliphatic heterocycles. The largest absolute Gasteiger partial charge is 0.341 e. The number of carbonyl (C=O) groups is 1. The number of nitrogens with one attached hydrogen (secondary N) is 1. The number of benzene rings is 1. The van der Waals surface area contributed by atoms with Crippen LogP contribution in [0.1, 0.15) is 15.9 Å². The van der Waals surface area contributed by atoms with Gasteiger partial charge in [-0.2, -0.15) is 0 Å².